The van der Waals surface area contributed by atoms with Crippen molar-refractivity contribution in [1.82, 2.24) is 9.97 Å². The van der Waals surface area contributed by atoms with Gasteiger partial charge in [-0.25, -0.2) is 19.2 Å². The normalized spacial score (nSPS) is 16.0. The van der Waals surface area contributed by atoms with E-state index >= 15 is 0 Å². The van der Waals surface area contributed by atoms with Crippen LogP contribution in [0.3, 0.4) is 0 Å². The van der Waals surface area contributed by atoms with E-state index in [0.29, 0.717) is 11.7 Å². The Morgan fingerprint density at radius 3 is 2.66 bits per heavy atom. The maximum Gasteiger partial charge on any atom is 0.339 e. The molecule has 6 nitrogen and oxygen atoms in total. The number of ether oxygens (including phenoxy) is 1. The van der Waals surface area contributed by atoms with Crippen LogP contribution in [0, 0.1) is 5.82 Å². The minimum atomic E-state index is -1.12. The second-order valence-electron chi connectivity index (χ2n) is 6.84. The summed E-state index contributed by atoms with van der Waals surface area (Å²) in [5, 5.41) is 9.49. The maximum absolute atomic E-state index is 13.1. The van der Waals surface area contributed by atoms with Crippen LogP contribution in [0.2, 0.25) is 0 Å². The van der Waals surface area contributed by atoms with Crippen LogP contribution in [0.15, 0.2) is 60.8 Å². The Labute approximate surface area is 167 Å². The van der Waals surface area contributed by atoms with Crippen LogP contribution in [0.5, 0.6) is 5.75 Å². The Hall–Kier alpha value is -3.48. The lowest BCUT2D eigenvalue weighted by Gasteiger charge is -2.25. The number of hydrogen-bond acceptors (Lipinski definition) is 5. The van der Waals surface area contributed by atoms with Crippen molar-refractivity contribution in [2.45, 2.75) is 25.5 Å². The van der Waals surface area contributed by atoms with Gasteiger partial charge < -0.3 is 14.7 Å². The van der Waals surface area contributed by atoms with Crippen LogP contribution < -0.4 is 9.64 Å². The summed E-state index contributed by atoms with van der Waals surface area (Å²) < 4.78 is 18.7. The van der Waals surface area contributed by atoms with Gasteiger partial charge in [0.1, 0.15) is 23.7 Å². The molecule has 1 aromatic heterocycles. The number of anilines is 1. The summed E-state index contributed by atoms with van der Waals surface area (Å²) in [7, 11) is 0. The van der Waals surface area contributed by atoms with E-state index in [9.17, 15) is 14.3 Å². The van der Waals surface area contributed by atoms with E-state index in [-0.39, 0.29) is 29.7 Å². The van der Waals surface area contributed by atoms with E-state index in [1.807, 2.05) is 18.2 Å². The van der Waals surface area contributed by atoms with Crippen molar-refractivity contribution in [2.24, 2.45) is 0 Å². The van der Waals surface area contributed by atoms with Gasteiger partial charge in [0, 0.05) is 12.7 Å². The van der Waals surface area contributed by atoms with Crippen molar-refractivity contribution < 1.29 is 19.0 Å². The minimum absolute atomic E-state index is 0.00804. The van der Waals surface area contributed by atoms with Gasteiger partial charge in [-0.3, -0.25) is 0 Å². The van der Waals surface area contributed by atoms with Crippen molar-refractivity contribution >= 4 is 11.9 Å². The molecule has 7 heteroatoms. The molecule has 4 rings (SSSR count). The summed E-state index contributed by atoms with van der Waals surface area (Å²) in [5.74, 6) is -0.561. The van der Waals surface area contributed by atoms with Crippen LogP contribution in [-0.4, -0.2) is 27.6 Å². The number of aromatic nitrogens is 2. The molecule has 0 spiro atoms. The third kappa shape index (κ3) is 4.18. The molecule has 1 N–H and O–H groups in total. The minimum Gasteiger partial charge on any atom is -0.487 e. The molecule has 148 valence electrons. The summed E-state index contributed by atoms with van der Waals surface area (Å²) in [6.07, 6.45) is 3.31. The number of carboxylic acid groups (broad SMARTS) is 1. The molecule has 0 radical (unpaired) electrons. The summed E-state index contributed by atoms with van der Waals surface area (Å²) in [4.78, 5) is 22.5. The molecule has 1 unspecified atom stereocenters. The van der Waals surface area contributed by atoms with Gasteiger partial charge in [0.15, 0.2) is 0 Å². The van der Waals surface area contributed by atoms with Gasteiger partial charge in [-0.15, -0.1) is 0 Å². The predicted molar refractivity (Wildman–Crippen MR) is 105 cm³/mol. The zero-order valence-electron chi connectivity index (χ0n) is 15.7. The molecule has 2 heterocycles. The SMILES string of the molecule is O=C(O)c1cnc(N2CCCC2c2ccccc2)nc1COc1ccc(F)cc1. The molecule has 1 atom stereocenters. The van der Waals surface area contributed by atoms with E-state index in [0.717, 1.165) is 19.4 Å². The van der Waals surface area contributed by atoms with Crippen molar-refractivity contribution in [3.05, 3.63) is 83.4 Å². The highest BCUT2D eigenvalue weighted by atomic mass is 19.1. The molecule has 2 aromatic carbocycles. The van der Waals surface area contributed by atoms with Gasteiger partial charge in [0.05, 0.1) is 11.7 Å². The van der Waals surface area contributed by atoms with E-state index in [2.05, 4.69) is 27.0 Å². The van der Waals surface area contributed by atoms with E-state index in [1.165, 1.54) is 36.0 Å². The van der Waals surface area contributed by atoms with Crippen molar-refractivity contribution in [1.29, 1.82) is 0 Å². The second-order valence-corrected chi connectivity index (χ2v) is 6.84. The molecular weight excluding hydrogens is 373 g/mol. The predicted octanol–water partition coefficient (Wildman–Crippen LogP) is 4.23. The highest BCUT2D eigenvalue weighted by Gasteiger charge is 2.29. The quantitative estimate of drug-likeness (QED) is 0.675. The topological polar surface area (TPSA) is 75.5 Å². The largest absolute Gasteiger partial charge is 0.487 e. The summed E-state index contributed by atoms with van der Waals surface area (Å²) >= 11 is 0. The first-order valence-corrected chi connectivity index (χ1v) is 9.41. The first-order chi connectivity index (χ1) is 14.1. The highest BCUT2D eigenvalue weighted by molar-refractivity contribution is 5.88. The Balaban J connectivity index is 1.60. The number of halogens is 1. The van der Waals surface area contributed by atoms with E-state index in [4.69, 9.17) is 4.74 Å². The number of carboxylic acids is 1. The monoisotopic (exact) mass is 393 g/mol. The van der Waals surface area contributed by atoms with Crippen LogP contribution >= 0.6 is 0 Å². The van der Waals surface area contributed by atoms with Gasteiger partial charge in [-0.2, -0.15) is 0 Å². The molecule has 0 aliphatic carbocycles. The molecule has 1 aliphatic heterocycles. The fraction of sp³-hybridized carbons (Fsp3) is 0.227. The molecule has 3 aromatic rings. The number of hydrogen-bond donors (Lipinski definition) is 1. The van der Waals surface area contributed by atoms with Gasteiger partial charge in [0.2, 0.25) is 5.95 Å². The number of carbonyl (C=O) groups is 1. The Bertz CT molecular complexity index is 996. The lowest BCUT2D eigenvalue weighted by atomic mass is 10.1. The first-order valence-electron chi connectivity index (χ1n) is 9.41. The van der Waals surface area contributed by atoms with E-state index in [1.54, 1.807) is 0 Å². The summed E-state index contributed by atoms with van der Waals surface area (Å²) in [6.45, 7) is 0.747. The average molecular weight is 393 g/mol. The van der Waals surface area contributed by atoms with Gasteiger partial charge in [0.25, 0.3) is 0 Å². The van der Waals surface area contributed by atoms with Gasteiger partial charge >= 0.3 is 5.97 Å². The molecule has 0 bridgehead atoms. The molecule has 0 saturated carbocycles. The van der Waals surface area contributed by atoms with Crippen LogP contribution in [0.4, 0.5) is 10.3 Å². The third-order valence-electron chi connectivity index (χ3n) is 4.97. The highest BCUT2D eigenvalue weighted by Crippen LogP contribution is 2.34. The molecule has 29 heavy (non-hydrogen) atoms. The number of benzene rings is 2. The molecular formula is C22H20FN3O3. The molecule has 1 aliphatic rings. The van der Waals surface area contributed by atoms with Crippen LogP contribution in [0.25, 0.3) is 0 Å². The Kier molecular flexibility index (Phi) is 5.37. The maximum atomic E-state index is 13.1. The van der Waals surface area contributed by atoms with Crippen LogP contribution in [-0.2, 0) is 6.61 Å². The van der Waals surface area contributed by atoms with Crippen LogP contribution in [0.1, 0.15) is 40.5 Å². The smallest absolute Gasteiger partial charge is 0.339 e. The lowest BCUT2D eigenvalue weighted by Crippen LogP contribution is -2.25. The fourth-order valence-electron chi connectivity index (χ4n) is 3.54. The van der Waals surface area contributed by atoms with E-state index < -0.39 is 5.97 Å². The lowest BCUT2D eigenvalue weighted by molar-refractivity contribution is 0.0692. The van der Waals surface area contributed by atoms with Crippen molar-refractivity contribution in [3.8, 4) is 5.75 Å². The number of aromatic carboxylic acids is 1. The first kappa shape index (κ1) is 18.9. The molecule has 1 fully saturated rings. The zero-order valence-corrected chi connectivity index (χ0v) is 15.7. The van der Waals surface area contributed by atoms with Gasteiger partial charge in [-0.05, 0) is 42.7 Å². The molecule has 1 saturated heterocycles. The standard InChI is InChI=1S/C22H20FN3O3/c23-16-8-10-17(11-9-16)29-14-19-18(21(27)28)13-24-22(25-19)26-12-4-7-20(26)15-5-2-1-3-6-15/h1-3,5-6,8-11,13,20H,4,7,12,14H2,(H,27,28). The molecule has 0 amide bonds. The fourth-order valence-corrected chi connectivity index (χ4v) is 3.54. The average Bonchev–Trinajstić information content (AvgIpc) is 3.23. The summed E-state index contributed by atoms with van der Waals surface area (Å²) in [6, 6.07) is 15.8. The summed E-state index contributed by atoms with van der Waals surface area (Å²) in [5.41, 5.74) is 1.46. The Morgan fingerprint density at radius 1 is 1.17 bits per heavy atom. The third-order valence-corrected chi connectivity index (χ3v) is 4.97. The number of rotatable bonds is 6. The van der Waals surface area contributed by atoms with Crippen molar-refractivity contribution in [2.75, 3.05) is 11.4 Å². The second kappa shape index (κ2) is 8.26. The zero-order chi connectivity index (χ0) is 20.2. The number of nitrogens with zero attached hydrogens (tertiary/aromatic N) is 3. The Morgan fingerprint density at radius 2 is 1.93 bits per heavy atom. The van der Waals surface area contributed by atoms with Gasteiger partial charge in [-0.1, -0.05) is 30.3 Å². The van der Waals surface area contributed by atoms with Crippen molar-refractivity contribution in [3.63, 3.8) is 0 Å².